The Balaban J connectivity index is 1.81. The molecule has 33 heavy (non-hydrogen) atoms. The highest BCUT2D eigenvalue weighted by Crippen LogP contribution is 2.25. The van der Waals surface area contributed by atoms with Crippen LogP contribution in [0.1, 0.15) is 42.5 Å². The lowest BCUT2D eigenvalue weighted by molar-refractivity contribution is 0.0589. The number of methoxy groups -OCH3 is 1. The van der Waals surface area contributed by atoms with E-state index in [0.29, 0.717) is 16.9 Å². The summed E-state index contributed by atoms with van der Waals surface area (Å²) in [6, 6.07) is 16.7. The third kappa shape index (κ3) is 5.55. The van der Waals surface area contributed by atoms with Gasteiger partial charge >= 0.3 is 6.09 Å². The van der Waals surface area contributed by atoms with E-state index in [4.69, 9.17) is 9.47 Å². The van der Waals surface area contributed by atoms with Gasteiger partial charge in [-0.1, -0.05) is 6.07 Å². The van der Waals surface area contributed by atoms with Gasteiger partial charge in [0.1, 0.15) is 11.4 Å². The van der Waals surface area contributed by atoms with Crippen LogP contribution in [0.2, 0.25) is 0 Å². The summed E-state index contributed by atoms with van der Waals surface area (Å²) < 4.78 is 12.7. The van der Waals surface area contributed by atoms with Crippen molar-refractivity contribution in [3.8, 4) is 11.4 Å². The van der Waals surface area contributed by atoms with Gasteiger partial charge < -0.3 is 19.4 Å². The lowest BCUT2D eigenvalue weighted by atomic mass is 10.2. The summed E-state index contributed by atoms with van der Waals surface area (Å²) in [6.07, 6.45) is -0.464. The number of benzene rings is 2. The number of ether oxygens (including phenoxy) is 2. The molecule has 0 bridgehead atoms. The fraction of sp³-hybridized carbons (Fsp3) is 0.308. The third-order valence-electron chi connectivity index (χ3n) is 5.17. The predicted molar refractivity (Wildman–Crippen MR) is 131 cm³/mol. The molecule has 3 aromatic rings. The summed E-state index contributed by atoms with van der Waals surface area (Å²) in [4.78, 5) is 26.9. The van der Waals surface area contributed by atoms with Crippen LogP contribution in [0, 0.1) is 13.8 Å². The Kier molecular flexibility index (Phi) is 6.81. The van der Waals surface area contributed by atoms with Gasteiger partial charge in [-0.25, -0.2) is 4.79 Å². The van der Waals surface area contributed by atoms with E-state index >= 15 is 0 Å². The van der Waals surface area contributed by atoms with E-state index in [1.165, 1.54) is 4.90 Å². The van der Waals surface area contributed by atoms with E-state index in [-0.39, 0.29) is 5.91 Å². The Morgan fingerprint density at radius 3 is 2.27 bits per heavy atom. The number of aryl methyl sites for hydroxylation is 1. The van der Waals surface area contributed by atoms with Crippen LogP contribution >= 0.6 is 0 Å². The number of anilines is 2. The highest BCUT2D eigenvalue weighted by Gasteiger charge is 2.21. The molecular formula is C26H31N3O4. The Morgan fingerprint density at radius 2 is 1.67 bits per heavy atom. The summed E-state index contributed by atoms with van der Waals surface area (Å²) in [5, 5.41) is 2.94. The van der Waals surface area contributed by atoms with Gasteiger partial charge in [0.2, 0.25) is 0 Å². The van der Waals surface area contributed by atoms with Crippen LogP contribution in [0.5, 0.6) is 5.75 Å². The molecule has 0 saturated heterocycles. The first kappa shape index (κ1) is 23.9. The summed E-state index contributed by atoms with van der Waals surface area (Å²) in [5.41, 5.74) is 3.91. The highest BCUT2D eigenvalue weighted by molar-refractivity contribution is 6.05. The molecule has 0 unspecified atom stereocenters. The van der Waals surface area contributed by atoms with Gasteiger partial charge in [0.25, 0.3) is 5.91 Å². The molecule has 0 radical (unpaired) electrons. The molecule has 174 valence electrons. The number of rotatable bonds is 5. The number of hydrogen-bond acceptors (Lipinski definition) is 4. The van der Waals surface area contributed by atoms with Crippen molar-refractivity contribution in [1.29, 1.82) is 0 Å². The molecule has 2 amide bonds. The van der Waals surface area contributed by atoms with Gasteiger partial charge in [-0.05, 0) is 83.1 Å². The minimum atomic E-state index is -0.594. The molecule has 7 heteroatoms. The van der Waals surface area contributed by atoms with E-state index in [1.54, 1.807) is 38.4 Å². The van der Waals surface area contributed by atoms with Crippen molar-refractivity contribution in [3.63, 3.8) is 0 Å². The van der Waals surface area contributed by atoms with Gasteiger partial charge in [-0.3, -0.25) is 9.69 Å². The summed E-state index contributed by atoms with van der Waals surface area (Å²) in [7, 11) is 3.27. The van der Waals surface area contributed by atoms with Crippen LogP contribution in [0.25, 0.3) is 5.69 Å². The monoisotopic (exact) mass is 449 g/mol. The average molecular weight is 450 g/mol. The Labute approximate surface area is 194 Å². The zero-order valence-corrected chi connectivity index (χ0v) is 20.2. The fourth-order valence-corrected chi connectivity index (χ4v) is 3.55. The van der Waals surface area contributed by atoms with Gasteiger partial charge in [-0.15, -0.1) is 0 Å². The second-order valence-corrected chi connectivity index (χ2v) is 8.86. The molecule has 2 aromatic carbocycles. The molecule has 0 aliphatic rings. The number of hydrogen-bond donors (Lipinski definition) is 1. The highest BCUT2D eigenvalue weighted by atomic mass is 16.6. The number of aromatic nitrogens is 1. The molecule has 0 atom stereocenters. The SMILES string of the molecule is COc1ccc(-n2c(C)cc(C(=O)Nc3cccc(N(C)C(=O)OC(C)(C)C)c3)c2C)cc1. The second kappa shape index (κ2) is 9.40. The molecule has 0 aliphatic carbocycles. The molecular weight excluding hydrogens is 418 g/mol. The van der Waals surface area contributed by atoms with E-state index < -0.39 is 11.7 Å². The van der Waals surface area contributed by atoms with E-state index in [2.05, 4.69) is 5.32 Å². The maximum absolute atomic E-state index is 13.1. The van der Waals surface area contributed by atoms with Crippen molar-refractivity contribution in [2.75, 3.05) is 24.4 Å². The Hall–Kier alpha value is -3.74. The van der Waals surface area contributed by atoms with Gasteiger partial charge in [0, 0.05) is 35.5 Å². The molecule has 1 heterocycles. The quantitative estimate of drug-likeness (QED) is 0.540. The van der Waals surface area contributed by atoms with Crippen LogP contribution in [-0.2, 0) is 4.74 Å². The van der Waals surface area contributed by atoms with Crippen LogP contribution in [-0.4, -0.2) is 36.3 Å². The molecule has 1 aromatic heterocycles. The first-order valence-electron chi connectivity index (χ1n) is 10.7. The van der Waals surface area contributed by atoms with Crippen molar-refractivity contribution in [3.05, 3.63) is 71.5 Å². The van der Waals surface area contributed by atoms with Crippen LogP contribution in [0.4, 0.5) is 16.2 Å². The van der Waals surface area contributed by atoms with Crippen molar-refractivity contribution in [1.82, 2.24) is 4.57 Å². The van der Waals surface area contributed by atoms with Crippen molar-refractivity contribution >= 4 is 23.4 Å². The smallest absolute Gasteiger partial charge is 0.414 e. The van der Waals surface area contributed by atoms with E-state index in [9.17, 15) is 9.59 Å². The normalized spacial score (nSPS) is 11.1. The van der Waals surface area contributed by atoms with E-state index in [1.807, 2.05) is 69.5 Å². The molecule has 1 N–H and O–H groups in total. The lowest BCUT2D eigenvalue weighted by Crippen LogP contribution is -2.34. The lowest BCUT2D eigenvalue weighted by Gasteiger charge is -2.25. The fourth-order valence-electron chi connectivity index (χ4n) is 3.55. The average Bonchev–Trinajstić information content (AvgIpc) is 3.06. The summed E-state index contributed by atoms with van der Waals surface area (Å²) >= 11 is 0. The molecule has 0 spiro atoms. The topological polar surface area (TPSA) is 72.8 Å². The maximum atomic E-state index is 13.1. The number of carbonyl (C=O) groups is 2. The van der Waals surface area contributed by atoms with Gasteiger partial charge in [0.05, 0.1) is 12.7 Å². The summed E-state index contributed by atoms with van der Waals surface area (Å²) in [6.45, 7) is 9.33. The van der Waals surface area contributed by atoms with E-state index in [0.717, 1.165) is 22.8 Å². The first-order valence-corrected chi connectivity index (χ1v) is 10.7. The molecule has 0 fully saturated rings. The van der Waals surface area contributed by atoms with Crippen LogP contribution in [0.15, 0.2) is 54.6 Å². The number of nitrogens with zero attached hydrogens (tertiary/aromatic N) is 2. The van der Waals surface area contributed by atoms with Crippen molar-refractivity contribution < 1.29 is 19.1 Å². The number of nitrogens with one attached hydrogen (secondary N) is 1. The van der Waals surface area contributed by atoms with Gasteiger partial charge in [-0.2, -0.15) is 0 Å². The van der Waals surface area contributed by atoms with Crippen LogP contribution < -0.4 is 15.0 Å². The largest absolute Gasteiger partial charge is 0.497 e. The second-order valence-electron chi connectivity index (χ2n) is 8.86. The minimum absolute atomic E-state index is 0.222. The van der Waals surface area contributed by atoms with Crippen molar-refractivity contribution in [2.24, 2.45) is 0 Å². The molecule has 7 nitrogen and oxygen atoms in total. The Bertz CT molecular complexity index is 1160. The summed E-state index contributed by atoms with van der Waals surface area (Å²) in [5.74, 6) is 0.551. The molecule has 0 aliphatic heterocycles. The molecule has 0 saturated carbocycles. The van der Waals surface area contributed by atoms with Crippen LogP contribution in [0.3, 0.4) is 0 Å². The maximum Gasteiger partial charge on any atom is 0.414 e. The first-order chi connectivity index (χ1) is 15.5. The van der Waals surface area contributed by atoms with Crippen molar-refractivity contribution in [2.45, 2.75) is 40.2 Å². The molecule has 3 rings (SSSR count). The third-order valence-corrected chi connectivity index (χ3v) is 5.17. The zero-order valence-electron chi connectivity index (χ0n) is 20.2. The van der Waals surface area contributed by atoms with Gasteiger partial charge in [0.15, 0.2) is 0 Å². The zero-order chi connectivity index (χ0) is 24.3. The standard InChI is InChI=1S/C26H31N3O4/c1-17-15-23(18(2)29(17)20-11-13-22(32-7)14-12-20)24(30)27-19-9-8-10-21(16-19)28(6)25(31)33-26(3,4)5/h8-16H,1-7H3,(H,27,30). The minimum Gasteiger partial charge on any atom is -0.497 e. The Morgan fingerprint density at radius 1 is 1.00 bits per heavy atom. The predicted octanol–water partition coefficient (Wildman–Crippen LogP) is 5.73. The number of carbonyl (C=O) groups excluding carboxylic acids is 2. The number of amides is 2.